The van der Waals surface area contributed by atoms with Crippen LogP contribution >= 0.6 is 0 Å². The van der Waals surface area contributed by atoms with Crippen molar-refractivity contribution >= 4 is 27.3 Å². The maximum atomic E-state index is 12.0. The van der Waals surface area contributed by atoms with E-state index in [1.54, 1.807) is 10.5 Å². The van der Waals surface area contributed by atoms with Crippen molar-refractivity contribution in [2.75, 3.05) is 0 Å². The Labute approximate surface area is 101 Å². The second-order valence-corrected chi connectivity index (χ2v) is 4.28. The molecule has 4 nitrogen and oxygen atoms in total. The number of fused-ring (bicyclic) bond motifs is 3. The molecule has 86 valence electrons. The summed E-state index contributed by atoms with van der Waals surface area (Å²) in [5.41, 5.74) is 2.08. The van der Waals surface area contributed by atoms with Crippen LogP contribution in [0.4, 0.5) is 0 Å². The fraction of sp³-hybridized carbons (Fsp3) is 0. The van der Waals surface area contributed by atoms with E-state index in [4.69, 9.17) is 0 Å². The molecule has 1 N–H and O–H groups in total. The van der Waals surface area contributed by atoms with E-state index in [1.165, 1.54) is 12.3 Å². The summed E-state index contributed by atoms with van der Waals surface area (Å²) in [6, 6.07) is 10.7. The van der Waals surface area contributed by atoms with Crippen LogP contribution < -0.4 is 5.56 Å². The largest absolute Gasteiger partial charge is 0.506 e. The topological polar surface area (TPSA) is 54.6 Å². The highest BCUT2D eigenvalue weighted by molar-refractivity contribution is 6.15. The first kappa shape index (κ1) is 9.41. The van der Waals surface area contributed by atoms with Gasteiger partial charge in [0.15, 0.2) is 0 Å². The third-order valence-corrected chi connectivity index (χ3v) is 3.30. The second kappa shape index (κ2) is 2.98. The summed E-state index contributed by atoms with van der Waals surface area (Å²) < 4.78 is 1.60. The first-order valence-corrected chi connectivity index (χ1v) is 5.61. The normalized spacial score (nSPS) is 11.8. The Morgan fingerprint density at radius 3 is 2.83 bits per heavy atom. The number of aromatic hydroxyl groups is 1. The Morgan fingerprint density at radius 1 is 1.11 bits per heavy atom. The highest BCUT2D eigenvalue weighted by Crippen LogP contribution is 2.34. The van der Waals surface area contributed by atoms with Gasteiger partial charge in [0.05, 0.1) is 28.1 Å². The van der Waals surface area contributed by atoms with Crippen LogP contribution in [-0.2, 0) is 0 Å². The lowest BCUT2D eigenvalue weighted by atomic mass is 10.1. The fourth-order valence-electron chi connectivity index (χ4n) is 2.57. The smallest absolute Gasteiger partial charge is 0.255 e. The van der Waals surface area contributed by atoms with Gasteiger partial charge in [-0.25, -0.2) is 0 Å². The third kappa shape index (κ3) is 0.953. The van der Waals surface area contributed by atoms with Gasteiger partial charge in [0.2, 0.25) is 0 Å². The summed E-state index contributed by atoms with van der Waals surface area (Å²) in [6.07, 6.45) is 1.43. The monoisotopic (exact) mass is 236 g/mol. The second-order valence-electron chi connectivity index (χ2n) is 4.28. The number of nitrogens with zero attached hydrogens (tertiary/aromatic N) is 2. The van der Waals surface area contributed by atoms with Crippen molar-refractivity contribution in [1.29, 1.82) is 0 Å². The average molecular weight is 236 g/mol. The quantitative estimate of drug-likeness (QED) is 0.509. The number of hydrogen-bond donors (Lipinski definition) is 1. The minimum absolute atomic E-state index is 0.104. The number of aromatic nitrogens is 2. The summed E-state index contributed by atoms with van der Waals surface area (Å²) in [7, 11) is 0. The molecule has 0 spiro atoms. The number of benzene rings is 1. The van der Waals surface area contributed by atoms with Crippen LogP contribution in [0.15, 0.2) is 47.4 Å². The number of rotatable bonds is 0. The molecule has 0 saturated heterocycles. The summed E-state index contributed by atoms with van der Waals surface area (Å²) in [6.45, 7) is 0. The van der Waals surface area contributed by atoms with Crippen molar-refractivity contribution in [2.24, 2.45) is 0 Å². The van der Waals surface area contributed by atoms with Gasteiger partial charge in [-0.3, -0.25) is 14.2 Å². The molecular formula is C14H8N2O2. The molecule has 0 saturated carbocycles. The van der Waals surface area contributed by atoms with Gasteiger partial charge in [-0.05, 0) is 12.1 Å². The Morgan fingerprint density at radius 2 is 1.94 bits per heavy atom. The highest BCUT2D eigenvalue weighted by Gasteiger charge is 2.15. The number of para-hydroxylation sites is 1. The molecule has 0 fully saturated rings. The van der Waals surface area contributed by atoms with E-state index in [2.05, 4.69) is 4.98 Å². The van der Waals surface area contributed by atoms with Crippen LogP contribution in [0.25, 0.3) is 27.3 Å². The third-order valence-electron chi connectivity index (χ3n) is 3.30. The lowest BCUT2D eigenvalue weighted by molar-refractivity contribution is 0.480. The van der Waals surface area contributed by atoms with Crippen molar-refractivity contribution in [3.05, 3.63) is 52.9 Å². The van der Waals surface area contributed by atoms with E-state index < -0.39 is 0 Å². The van der Waals surface area contributed by atoms with Gasteiger partial charge in [0.25, 0.3) is 5.56 Å². The molecule has 0 amide bonds. The molecule has 4 heteroatoms. The predicted octanol–water partition coefficient (Wildman–Crippen LogP) is 2.14. The zero-order valence-corrected chi connectivity index (χ0v) is 9.29. The Bertz CT molecular complexity index is 956. The van der Waals surface area contributed by atoms with E-state index in [1.807, 2.05) is 24.3 Å². The molecule has 0 aliphatic carbocycles. The Balaban J connectivity index is 2.57. The zero-order chi connectivity index (χ0) is 12.3. The molecule has 18 heavy (non-hydrogen) atoms. The van der Waals surface area contributed by atoms with E-state index >= 15 is 0 Å². The van der Waals surface area contributed by atoms with Crippen LogP contribution in [0.1, 0.15) is 0 Å². The van der Waals surface area contributed by atoms with Crippen LogP contribution in [0.3, 0.4) is 0 Å². The van der Waals surface area contributed by atoms with E-state index in [0.29, 0.717) is 16.4 Å². The maximum Gasteiger partial charge on any atom is 0.255 e. The summed E-state index contributed by atoms with van der Waals surface area (Å²) in [4.78, 5) is 16.2. The molecule has 3 aromatic heterocycles. The van der Waals surface area contributed by atoms with Crippen molar-refractivity contribution in [2.45, 2.75) is 0 Å². The van der Waals surface area contributed by atoms with Crippen LogP contribution in [0.5, 0.6) is 5.75 Å². The zero-order valence-electron chi connectivity index (χ0n) is 9.29. The van der Waals surface area contributed by atoms with Crippen molar-refractivity contribution in [1.82, 2.24) is 9.38 Å². The number of hydrogen-bond acceptors (Lipinski definition) is 3. The summed E-state index contributed by atoms with van der Waals surface area (Å²) in [5, 5.41) is 11.6. The van der Waals surface area contributed by atoms with Crippen molar-refractivity contribution in [3.8, 4) is 5.75 Å². The fourth-order valence-corrected chi connectivity index (χ4v) is 2.57. The SMILES string of the molecule is O=c1ccc2ncc(O)c3c4ccccc4n1c23. The standard InChI is InChI=1S/C14H8N2O2/c17-11-7-15-9-5-6-12(18)16-10-4-2-1-3-8(10)13(11)14(9)16/h1-7,17H. The van der Waals surface area contributed by atoms with Gasteiger partial charge in [0.1, 0.15) is 5.75 Å². The first-order chi connectivity index (χ1) is 8.77. The van der Waals surface area contributed by atoms with Crippen molar-refractivity contribution < 1.29 is 5.11 Å². The molecule has 0 bridgehead atoms. The lowest BCUT2D eigenvalue weighted by Gasteiger charge is -2.00. The molecular weight excluding hydrogens is 228 g/mol. The van der Waals surface area contributed by atoms with Crippen LogP contribution in [0, 0.1) is 0 Å². The van der Waals surface area contributed by atoms with Crippen LogP contribution in [-0.4, -0.2) is 14.5 Å². The van der Waals surface area contributed by atoms with E-state index in [0.717, 1.165) is 10.9 Å². The average Bonchev–Trinajstić information content (AvgIpc) is 2.74. The highest BCUT2D eigenvalue weighted by atomic mass is 16.3. The van der Waals surface area contributed by atoms with Gasteiger partial charge >= 0.3 is 0 Å². The maximum absolute atomic E-state index is 12.0. The summed E-state index contributed by atoms with van der Waals surface area (Å²) >= 11 is 0. The molecule has 0 radical (unpaired) electrons. The molecule has 0 aliphatic heterocycles. The van der Waals surface area contributed by atoms with E-state index in [-0.39, 0.29) is 11.3 Å². The minimum atomic E-state index is -0.110. The van der Waals surface area contributed by atoms with Gasteiger partial charge in [-0.1, -0.05) is 18.2 Å². The predicted molar refractivity (Wildman–Crippen MR) is 69.3 cm³/mol. The molecule has 4 rings (SSSR count). The van der Waals surface area contributed by atoms with Gasteiger partial charge < -0.3 is 5.11 Å². The van der Waals surface area contributed by atoms with Gasteiger partial charge in [-0.2, -0.15) is 0 Å². The lowest BCUT2D eigenvalue weighted by Crippen LogP contribution is -2.10. The molecule has 3 heterocycles. The van der Waals surface area contributed by atoms with Gasteiger partial charge in [-0.15, -0.1) is 0 Å². The Hall–Kier alpha value is -2.62. The van der Waals surface area contributed by atoms with E-state index in [9.17, 15) is 9.90 Å². The molecule has 0 atom stereocenters. The molecule has 0 aliphatic rings. The first-order valence-electron chi connectivity index (χ1n) is 5.61. The molecule has 0 unspecified atom stereocenters. The number of pyridine rings is 2. The summed E-state index contributed by atoms with van der Waals surface area (Å²) in [5.74, 6) is 0.104. The minimum Gasteiger partial charge on any atom is -0.506 e. The molecule has 4 aromatic rings. The van der Waals surface area contributed by atoms with Gasteiger partial charge in [0, 0.05) is 11.5 Å². The van der Waals surface area contributed by atoms with Crippen molar-refractivity contribution in [3.63, 3.8) is 0 Å². The van der Waals surface area contributed by atoms with Crippen LogP contribution in [0.2, 0.25) is 0 Å². The molecule has 1 aromatic carbocycles. The Kier molecular flexibility index (Phi) is 1.56.